The first kappa shape index (κ1) is 16.1. The number of nitrogens with zero attached hydrogens (tertiary/aromatic N) is 3. The van der Waals surface area contributed by atoms with Crippen LogP contribution in [0, 0.1) is 22.7 Å². The number of pyridine rings is 1. The van der Waals surface area contributed by atoms with E-state index in [9.17, 15) is 15.3 Å². The van der Waals surface area contributed by atoms with Gasteiger partial charge < -0.3 is 15.1 Å². The molecule has 2 aromatic heterocycles. The van der Waals surface area contributed by atoms with E-state index >= 15 is 0 Å². The summed E-state index contributed by atoms with van der Waals surface area (Å²) in [5, 5.41) is 18.8. The lowest BCUT2D eigenvalue weighted by Crippen LogP contribution is -2.16. The van der Waals surface area contributed by atoms with Crippen LogP contribution in [0.3, 0.4) is 0 Å². The van der Waals surface area contributed by atoms with Gasteiger partial charge in [0.15, 0.2) is 12.0 Å². The number of hydrogen-bond acceptors (Lipinski definition) is 6. The molecule has 0 aliphatic rings. The van der Waals surface area contributed by atoms with Crippen LogP contribution < -0.4 is 11.3 Å². The fourth-order valence-electron chi connectivity index (χ4n) is 3.00. The van der Waals surface area contributed by atoms with Crippen LogP contribution in [0.15, 0.2) is 58.1 Å². The monoisotopic (exact) mass is 353 g/mol. The van der Waals surface area contributed by atoms with Gasteiger partial charge in [-0.1, -0.05) is 30.3 Å². The van der Waals surface area contributed by atoms with E-state index in [1.807, 2.05) is 42.5 Å². The van der Waals surface area contributed by atoms with Crippen molar-refractivity contribution in [1.29, 1.82) is 10.5 Å². The number of oxazole rings is 1. The van der Waals surface area contributed by atoms with Crippen molar-refractivity contribution in [3.63, 3.8) is 0 Å². The van der Waals surface area contributed by atoms with Gasteiger partial charge in [-0.25, -0.2) is 4.98 Å². The number of H-pyrrole nitrogens is 1. The smallest absolute Gasteiger partial charge is 0.268 e. The van der Waals surface area contributed by atoms with Gasteiger partial charge in [0.1, 0.15) is 34.6 Å². The molecule has 0 fully saturated rings. The third kappa shape index (κ3) is 2.60. The molecule has 27 heavy (non-hydrogen) atoms. The number of nitrogens with one attached hydrogen (secondary N) is 1. The van der Waals surface area contributed by atoms with Gasteiger partial charge in [-0.2, -0.15) is 10.5 Å². The number of aromatic nitrogens is 2. The van der Waals surface area contributed by atoms with Gasteiger partial charge in [-0.3, -0.25) is 4.79 Å². The van der Waals surface area contributed by atoms with Crippen LogP contribution >= 0.6 is 0 Å². The summed E-state index contributed by atoms with van der Waals surface area (Å²) in [5.74, 6) is -0.0583. The van der Waals surface area contributed by atoms with Gasteiger partial charge in [-0.15, -0.1) is 0 Å². The summed E-state index contributed by atoms with van der Waals surface area (Å²) >= 11 is 0. The summed E-state index contributed by atoms with van der Waals surface area (Å²) in [4.78, 5) is 18.5. The molecule has 128 valence electrons. The van der Waals surface area contributed by atoms with E-state index in [2.05, 4.69) is 9.97 Å². The Kier molecular flexibility index (Phi) is 3.69. The van der Waals surface area contributed by atoms with Crippen LogP contribution in [0.25, 0.3) is 33.4 Å². The molecule has 4 rings (SSSR count). The minimum absolute atomic E-state index is 0.0583. The predicted molar refractivity (Wildman–Crippen MR) is 99.3 cm³/mol. The number of nitrogens with two attached hydrogens (primary N) is 1. The molecule has 0 aliphatic heterocycles. The predicted octanol–water partition coefficient (Wildman–Crippen LogP) is 3.18. The third-order valence-corrected chi connectivity index (χ3v) is 4.31. The van der Waals surface area contributed by atoms with E-state index in [1.54, 1.807) is 12.1 Å². The molecule has 0 saturated heterocycles. The normalized spacial score (nSPS) is 10.4. The van der Waals surface area contributed by atoms with Crippen LogP contribution in [0.2, 0.25) is 0 Å². The highest BCUT2D eigenvalue weighted by Gasteiger charge is 2.18. The summed E-state index contributed by atoms with van der Waals surface area (Å²) in [7, 11) is 0. The number of rotatable bonds is 2. The number of nitriles is 2. The average Bonchev–Trinajstić information content (AvgIpc) is 3.15. The molecular formula is C20H11N5O2. The zero-order valence-corrected chi connectivity index (χ0v) is 13.9. The van der Waals surface area contributed by atoms with Crippen molar-refractivity contribution in [1.82, 2.24) is 9.97 Å². The molecule has 3 N–H and O–H groups in total. The molecule has 0 radical (unpaired) electrons. The molecule has 2 heterocycles. The molecule has 0 bridgehead atoms. The Morgan fingerprint density at radius 2 is 1.63 bits per heavy atom. The molecular weight excluding hydrogens is 342 g/mol. The van der Waals surface area contributed by atoms with Crippen molar-refractivity contribution in [2.75, 3.05) is 5.73 Å². The van der Waals surface area contributed by atoms with E-state index in [-0.39, 0.29) is 22.5 Å². The van der Waals surface area contributed by atoms with Gasteiger partial charge in [0.05, 0.1) is 0 Å². The molecule has 2 aromatic carbocycles. The molecule has 0 spiro atoms. The Bertz CT molecular complexity index is 1320. The Labute approximate surface area is 152 Å². The third-order valence-electron chi connectivity index (χ3n) is 4.31. The van der Waals surface area contributed by atoms with Crippen LogP contribution in [0.1, 0.15) is 11.1 Å². The van der Waals surface area contributed by atoms with E-state index in [4.69, 9.17) is 10.2 Å². The minimum atomic E-state index is -0.621. The topological polar surface area (TPSA) is 132 Å². The number of benzene rings is 2. The molecule has 0 unspecified atom stereocenters. The molecule has 0 amide bonds. The van der Waals surface area contributed by atoms with Crippen molar-refractivity contribution in [2.45, 2.75) is 0 Å². The van der Waals surface area contributed by atoms with Crippen molar-refractivity contribution in [3.8, 4) is 34.4 Å². The molecule has 7 nitrogen and oxygen atoms in total. The Balaban J connectivity index is 1.85. The number of aromatic amines is 1. The Morgan fingerprint density at radius 3 is 2.33 bits per heavy atom. The van der Waals surface area contributed by atoms with E-state index < -0.39 is 5.56 Å². The second-order valence-electron chi connectivity index (χ2n) is 5.83. The molecule has 0 aliphatic carbocycles. The fourth-order valence-corrected chi connectivity index (χ4v) is 3.00. The Hall–Kier alpha value is -4.36. The summed E-state index contributed by atoms with van der Waals surface area (Å²) in [6.45, 7) is 0. The highest BCUT2D eigenvalue weighted by molar-refractivity contribution is 5.83. The fraction of sp³-hybridized carbons (Fsp3) is 0. The van der Waals surface area contributed by atoms with Gasteiger partial charge >= 0.3 is 0 Å². The quantitative estimate of drug-likeness (QED) is 0.568. The van der Waals surface area contributed by atoms with Gasteiger partial charge in [-0.05, 0) is 28.8 Å². The first-order valence-electron chi connectivity index (χ1n) is 7.92. The first-order chi connectivity index (χ1) is 13.1. The molecule has 0 atom stereocenters. The molecule has 4 aromatic rings. The number of anilines is 1. The van der Waals surface area contributed by atoms with E-state index in [1.165, 1.54) is 6.39 Å². The zero-order chi connectivity index (χ0) is 19.0. The standard InChI is InChI=1S/C20H11N5O2/c21-8-14-18(15(9-22)20(26)25-19(14)23)12-3-1-11(2-4-12)13-5-6-17-16(7-13)24-10-27-17/h1-7,10H,(H3,23,25,26). The highest BCUT2D eigenvalue weighted by atomic mass is 16.3. The van der Waals surface area contributed by atoms with Crippen molar-refractivity contribution >= 4 is 16.9 Å². The zero-order valence-electron chi connectivity index (χ0n) is 13.9. The Morgan fingerprint density at radius 1 is 0.963 bits per heavy atom. The number of fused-ring (bicyclic) bond motifs is 1. The lowest BCUT2D eigenvalue weighted by atomic mass is 9.94. The SMILES string of the molecule is N#Cc1c(N)[nH]c(=O)c(C#N)c1-c1ccc(-c2ccc3ocnc3c2)cc1. The number of hydrogen-bond donors (Lipinski definition) is 2. The van der Waals surface area contributed by atoms with Crippen LogP contribution in [0.4, 0.5) is 5.82 Å². The second-order valence-corrected chi connectivity index (χ2v) is 5.83. The van der Waals surface area contributed by atoms with E-state index in [0.717, 1.165) is 16.6 Å². The molecule has 7 heteroatoms. The van der Waals surface area contributed by atoms with Crippen molar-refractivity contribution in [3.05, 3.63) is 70.3 Å². The lowest BCUT2D eigenvalue weighted by molar-refractivity contribution is 0.602. The van der Waals surface area contributed by atoms with Gasteiger partial charge in [0.2, 0.25) is 0 Å². The van der Waals surface area contributed by atoms with Crippen LogP contribution in [0.5, 0.6) is 0 Å². The average molecular weight is 353 g/mol. The van der Waals surface area contributed by atoms with Gasteiger partial charge in [0.25, 0.3) is 5.56 Å². The van der Waals surface area contributed by atoms with Crippen molar-refractivity contribution in [2.24, 2.45) is 0 Å². The van der Waals surface area contributed by atoms with Crippen molar-refractivity contribution < 1.29 is 4.42 Å². The van der Waals surface area contributed by atoms with Crippen LogP contribution in [-0.2, 0) is 0 Å². The lowest BCUT2D eigenvalue weighted by Gasteiger charge is -2.09. The number of nitrogen functional groups attached to an aromatic ring is 1. The summed E-state index contributed by atoms with van der Waals surface area (Å²) in [6.07, 6.45) is 1.39. The maximum absolute atomic E-state index is 12.0. The van der Waals surface area contributed by atoms with Gasteiger partial charge in [0, 0.05) is 5.56 Å². The largest absolute Gasteiger partial charge is 0.443 e. The van der Waals surface area contributed by atoms with E-state index in [0.29, 0.717) is 11.1 Å². The maximum atomic E-state index is 12.0. The minimum Gasteiger partial charge on any atom is -0.443 e. The van der Waals surface area contributed by atoms with Crippen LogP contribution in [-0.4, -0.2) is 9.97 Å². The second kappa shape index (κ2) is 6.17. The molecule has 0 saturated carbocycles. The summed E-state index contributed by atoms with van der Waals surface area (Å²) < 4.78 is 5.24. The maximum Gasteiger partial charge on any atom is 0.268 e. The summed E-state index contributed by atoms with van der Waals surface area (Å²) in [6, 6.07) is 16.7. The summed E-state index contributed by atoms with van der Waals surface area (Å²) in [5.41, 5.74) is 9.17. The first-order valence-corrected chi connectivity index (χ1v) is 7.92. The highest BCUT2D eigenvalue weighted by Crippen LogP contribution is 2.31.